The second kappa shape index (κ2) is 8.56. The average molecular weight is 359 g/mol. The van der Waals surface area contributed by atoms with Crippen LogP contribution in [0.1, 0.15) is 38.8 Å². The highest BCUT2D eigenvalue weighted by molar-refractivity contribution is 7.99. The normalized spacial score (nSPS) is 23.4. The molecule has 1 saturated carbocycles. The average Bonchev–Trinajstić information content (AvgIpc) is 3.08. The molecular formula is C20H26N2O2S. The van der Waals surface area contributed by atoms with Gasteiger partial charge in [0, 0.05) is 17.4 Å². The standard InChI is InChI=1S/C20H26N2O2S/c1-14-7-6-8-15(2)19(14)22-18(23)13-25-12-17-11-24-20(21-17)16-9-4-3-5-10-16/h3-5,9-11,14-15,19H,6-8,12-13H2,1-2H3,(H,22,23). The molecule has 1 N–H and O–H groups in total. The quantitative estimate of drug-likeness (QED) is 0.825. The van der Waals surface area contributed by atoms with Crippen LogP contribution in [0.2, 0.25) is 0 Å². The van der Waals surface area contributed by atoms with Crippen molar-refractivity contribution in [3.05, 3.63) is 42.3 Å². The molecule has 2 aromatic rings. The molecule has 1 aliphatic carbocycles. The van der Waals surface area contributed by atoms with Crippen molar-refractivity contribution in [3.63, 3.8) is 0 Å². The van der Waals surface area contributed by atoms with E-state index in [1.54, 1.807) is 18.0 Å². The number of carbonyl (C=O) groups is 1. The summed E-state index contributed by atoms with van der Waals surface area (Å²) in [5.41, 5.74) is 1.84. The van der Waals surface area contributed by atoms with E-state index in [1.165, 1.54) is 19.3 Å². The van der Waals surface area contributed by atoms with Crippen molar-refractivity contribution in [1.82, 2.24) is 10.3 Å². The van der Waals surface area contributed by atoms with Crippen molar-refractivity contribution in [2.24, 2.45) is 11.8 Å². The van der Waals surface area contributed by atoms with Gasteiger partial charge in [-0.25, -0.2) is 4.98 Å². The Morgan fingerprint density at radius 1 is 1.24 bits per heavy atom. The molecule has 4 nitrogen and oxygen atoms in total. The number of hydrogen-bond donors (Lipinski definition) is 1. The summed E-state index contributed by atoms with van der Waals surface area (Å²) in [4.78, 5) is 16.7. The van der Waals surface area contributed by atoms with Crippen LogP contribution in [0.25, 0.3) is 11.5 Å². The Labute approximate surface area is 153 Å². The van der Waals surface area contributed by atoms with Crippen LogP contribution < -0.4 is 5.32 Å². The largest absolute Gasteiger partial charge is 0.444 e. The summed E-state index contributed by atoms with van der Waals surface area (Å²) in [6.45, 7) is 4.49. The molecular weight excluding hydrogens is 332 g/mol. The third kappa shape index (κ3) is 4.88. The summed E-state index contributed by atoms with van der Waals surface area (Å²) in [5, 5.41) is 3.23. The lowest BCUT2D eigenvalue weighted by Crippen LogP contribution is -2.46. The number of nitrogens with zero attached hydrogens (tertiary/aromatic N) is 1. The van der Waals surface area contributed by atoms with Crippen molar-refractivity contribution in [3.8, 4) is 11.5 Å². The molecule has 3 rings (SSSR count). The number of carbonyl (C=O) groups excluding carboxylic acids is 1. The van der Waals surface area contributed by atoms with Gasteiger partial charge in [-0.05, 0) is 36.8 Å². The van der Waals surface area contributed by atoms with Gasteiger partial charge in [-0.3, -0.25) is 4.79 Å². The second-order valence-corrected chi connectivity index (χ2v) is 7.97. The molecule has 0 spiro atoms. The van der Waals surface area contributed by atoms with E-state index in [4.69, 9.17) is 4.42 Å². The first kappa shape index (κ1) is 18.1. The van der Waals surface area contributed by atoms with Crippen LogP contribution in [0.3, 0.4) is 0 Å². The number of amides is 1. The highest BCUT2D eigenvalue weighted by Gasteiger charge is 2.28. The first-order valence-electron chi connectivity index (χ1n) is 9.00. The summed E-state index contributed by atoms with van der Waals surface area (Å²) in [6.07, 6.45) is 5.38. The van der Waals surface area contributed by atoms with Crippen molar-refractivity contribution < 1.29 is 9.21 Å². The van der Waals surface area contributed by atoms with Crippen LogP contribution >= 0.6 is 11.8 Å². The molecule has 1 aromatic heterocycles. The molecule has 25 heavy (non-hydrogen) atoms. The number of hydrogen-bond acceptors (Lipinski definition) is 4. The van der Waals surface area contributed by atoms with E-state index in [0.29, 0.717) is 35.3 Å². The molecule has 0 aliphatic heterocycles. The maximum atomic E-state index is 12.2. The number of thioether (sulfide) groups is 1. The summed E-state index contributed by atoms with van der Waals surface area (Å²) < 4.78 is 5.53. The van der Waals surface area contributed by atoms with E-state index in [2.05, 4.69) is 24.1 Å². The smallest absolute Gasteiger partial charge is 0.230 e. The van der Waals surface area contributed by atoms with E-state index in [-0.39, 0.29) is 5.91 Å². The highest BCUT2D eigenvalue weighted by atomic mass is 32.2. The second-order valence-electron chi connectivity index (χ2n) is 6.98. The zero-order valence-corrected chi connectivity index (χ0v) is 15.7. The Bertz CT molecular complexity index is 676. The van der Waals surface area contributed by atoms with Gasteiger partial charge in [-0.15, -0.1) is 11.8 Å². The van der Waals surface area contributed by atoms with Crippen molar-refractivity contribution in [2.45, 2.75) is 44.9 Å². The van der Waals surface area contributed by atoms with Gasteiger partial charge in [-0.1, -0.05) is 38.5 Å². The number of aromatic nitrogens is 1. The Morgan fingerprint density at radius 2 is 1.96 bits per heavy atom. The SMILES string of the molecule is CC1CCCC(C)C1NC(=O)CSCc1coc(-c2ccccc2)n1. The van der Waals surface area contributed by atoms with Crippen molar-refractivity contribution in [2.75, 3.05) is 5.75 Å². The van der Waals surface area contributed by atoms with E-state index in [0.717, 1.165) is 11.3 Å². The monoisotopic (exact) mass is 358 g/mol. The molecule has 134 valence electrons. The Hall–Kier alpha value is -1.75. The number of oxazole rings is 1. The number of nitrogens with one attached hydrogen (secondary N) is 1. The van der Waals surface area contributed by atoms with Gasteiger partial charge in [0.2, 0.25) is 11.8 Å². The summed E-state index contributed by atoms with van der Waals surface area (Å²) in [6, 6.07) is 10.2. The van der Waals surface area contributed by atoms with Crippen LogP contribution in [0, 0.1) is 11.8 Å². The molecule has 1 fully saturated rings. The van der Waals surface area contributed by atoms with Crippen LogP contribution in [0.5, 0.6) is 0 Å². The maximum Gasteiger partial charge on any atom is 0.230 e. The van der Waals surface area contributed by atoms with Gasteiger partial charge >= 0.3 is 0 Å². The summed E-state index contributed by atoms with van der Waals surface area (Å²) in [5.74, 6) is 3.04. The van der Waals surface area contributed by atoms with E-state index >= 15 is 0 Å². The molecule has 0 bridgehead atoms. The first-order valence-corrected chi connectivity index (χ1v) is 10.2. The third-order valence-corrected chi connectivity index (χ3v) is 5.89. The Kier molecular flexibility index (Phi) is 6.19. The maximum absolute atomic E-state index is 12.2. The highest BCUT2D eigenvalue weighted by Crippen LogP contribution is 2.29. The van der Waals surface area contributed by atoms with Gasteiger partial charge in [-0.2, -0.15) is 0 Å². The fourth-order valence-electron chi connectivity index (χ4n) is 3.53. The van der Waals surface area contributed by atoms with Crippen molar-refractivity contribution >= 4 is 17.7 Å². The first-order chi connectivity index (χ1) is 12.1. The van der Waals surface area contributed by atoms with E-state index in [1.807, 2.05) is 30.3 Å². The molecule has 2 atom stereocenters. The molecule has 0 saturated heterocycles. The molecule has 1 heterocycles. The topological polar surface area (TPSA) is 55.1 Å². The van der Waals surface area contributed by atoms with Crippen LogP contribution in [0.15, 0.2) is 41.0 Å². The Morgan fingerprint density at radius 3 is 2.68 bits per heavy atom. The van der Waals surface area contributed by atoms with Crippen LogP contribution in [-0.4, -0.2) is 22.7 Å². The number of benzene rings is 1. The minimum Gasteiger partial charge on any atom is -0.444 e. The van der Waals surface area contributed by atoms with Crippen LogP contribution in [-0.2, 0) is 10.5 Å². The minimum absolute atomic E-state index is 0.127. The molecule has 5 heteroatoms. The van der Waals surface area contributed by atoms with E-state index in [9.17, 15) is 4.79 Å². The van der Waals surface area contributed by atoms with E-state index < -0.39 is 0 Å². The molecule has 0 radical (unpaired) electrons. The lowest BCUT2D eigenvalue weighted by Gasteiger charge is -2.35. The van der Waals surface area contributed by atoms with Gasteiger partial charge in [0.05, 0.1) is 11.4 Å². The van der Waals surface area contributed by atoms with Crippen molar-refractivity contribution in [1.29, 1.82) is 0 Å². The fraction of sp³-hybridized carbons (Fsp3) is 0.500. The van der Waals surface area contributed by atoms with Gasteiger partial charge in [0.15, 0.2) is 0 Å². The zero-order chi connectivity index (χ0) is 17.6. The van der Waals surface area contributed by atoms with Crippen LogP contribution in [0.4, 0.5) is 0 Å². The predicted octanol–water partition coefficient (Wildman–Crippen LogP) is 4.52. The fourth-order valence-corrected chi connectivity index (χ4v) is 4.24. The summed E-state index contributed by atoms with van der Waals surface area (Å²) >= 11 is 1.58. The molecule has 1 amide bonds. The lowest BCUT2D eigenvalue weighted by atomic mass is 9.79. The zero-order valence-electron chi connectivity index (χ0n) is 14.9. The molecule has 1 aliphatic rings. The summed E-state index contributed by atoms with van der Waals surface area (Å²) in [7, 11) is 0. The minimum atomic E-state index is 0.127. The predicted molar refractivity (Wildman–Crippen MR) is 102 cm³/mol. The van der Waals surface area contributed by atoms with Gasteiger partial charge < -0.3 is 9.73 Å². The number of rotatable bonds is 6. The molecule has 2 unspecified atom stereocenters. The Balaban J connectivity index is 1.45. The third-order valence-electron chi connectivity index (χ3n) is 4.93. The molecule has 1 aromatic carbocycles. The van der Waals surface area contributed by atoms with Gasteiger partial charge in [0.1, 0.15) is 6.26 Å². The van der Waals surface area contributed by atoms with Gasteiger partial charge in [0.25, 0.3) is 0 Å². The lowest BCUT2D eigenvalue weighted by molar-refractivity contribution is -0.120.